The van der Waals surface area contributed by atoms with Crippen LogP contribution in [0.25, 0.3) is 10.1 Å². The number of carbonyl (C=O) groups excluding carboxylic acids is 3. The van der Waals surface area contributed by atoms with Gasteiger partial charge < -0.3 is 20.7 Å². The van der Waals surface area contributed by atoms with Crippen molar-refractivity contribution in [3.63, 3.8) is 0 Å². The van der Waals surface area contributed by atoms with Gasteiger partial charge in [-0.1, -0.05) is 32.0 Å². The Kier molecular flexibility index (Phi) is 8.86. The Morgan fingerprint density at radius 2 is 1.74 bits per heavy atom. The third-order valence-electron chi connectivity index (χ3n) is 4.30. The summed E-state index contributed by atoms with van der Waals surface area (Å²) >= 11 is 1.41. The van der Waals surface area contributed by atoms with Crippen molar-refractivity contribution in [1.82, 2.24) is 16.0 Å². The Balaban J connectivity index is 1.84. The van der Waals surface area contributed by atoms with Gasteiger partial charge in [-0.25, -0.2) is 4.79 Å². The second-order valence-corrected chi connectivity index (χ2v) is 9.96. The Morgan fingerprint density at radius 3 is 2.39 bits per heavy atom. The van der Waals surface area contributed by atoms with Crippen molar-refractivity contribution in [3.8, 4) is 0 Å². The van der Waals surface area contributed by atoms with Gasteiger partial charge in [-0.2, -0.15) is 0 Å². The molecule has 1 atom stereocenters. The summed E-state index contributed by atoms with van der Waals surface area (Å²) in [6, 6.07) is 9.04. The molecule has 3 N–H and O–H groups in total. The van der Waals surface area contributed by atoms with Crippen LogP contribution in [0.5, 0.6) is 0 Å². The van der Waals surface area contributed by atoms with E-state index in [9.17, 15) is 14.4 Å². The van der Waals surface area contributed by atoms with E-state index in [1.54, 1.807) is 20.8 Å². The predicted molar refractivity (Wildman–Crippen MR) is 124 cm³/mol. The number of alkyl carbamates (subject to hydrolysis) is 1. The van der Waals surface area contributed by atoms with E-state index in [-0.39, 0.29) is 17.7 Å². The summed E-state index contributed by atoms with van der Waals surface area (Å²) in [4.78, 5) is 37.6. The minimum absolute atomic E-state index is 0.222. The van der Waals surface area contributed by atoms with E-state index in [4.69, 9.17) is 4.74 Å². The average Bonchev–Trinajstić information content (AvgIpc) is 3.09. The molecule has 0 saturated heterocycles. The normalized spacial score (nSPS) is 12.5. The predicted octanol–water partition coefficient (Wildman–Crippen LogP) is 4.08. The third kappa shape index (κ3) is 8.57. The summed E-state index contributed by atoms with van der Waals surface area (Å²) in [7, 11) is 0. The molecule has 0 unspecified atom stereocenters. The number of ether oxygens (including phenoxy) is 1. The van der Waals surface area contributed by atoms with Crippen LogP contribution in [0.2, 0.25) is 0 Å². The molecule has 0 aliphatic carbocycles. The van der Waals surface area contributed by atoms with Crippen LogP contribution in [0, 0.1) is 5.92 Å². The molecule has 8 heteroatoms. The smallest absolute Gasteiger partial charge is 0.407 e. The standard InChI is InChI=1S/C23H33N3O4S/c1-15(2)13-17(20(27)24-11-8-12-25-22(29)30-23(3,4)5)26-21(28)19-14-16-9-6-7-10-18(16)31-19/h6-7,9-10,14-15,17H,8,11-13H2,1-5H3,(H,24,27)(H,25,29)(H,26,28)/t17-/m0/s1. The number of benzene rings is 1. The SMILES string of the molecule is CC(C)C[C@H](NC(=O)c1cc2ccccc2s1)C(=O)NCCCNC(=O)OC(C)(C)C. The van der Waals surface area contributed by atoms with Crippen LogP contribution in [0.15, 0.2) is 30.3 Å². The number of nitrogens with one attached hydrogen (secondary N) is 3. The van der Waals surface area contributed by atoms with Gasteiger partial charge in [0, 0.05) is 17.8 Å². The molecule has 1 aromatic carbocycles. The molecule has 2 aromatic rings. The molecule has 0 radical (unpaired) electrons. The Morgan fingerprint density at radius 1 is 1.06 bits per heavy atom. The molecule has 2 rings (SSSR count). The molecule has 0 saturated carbocycles. The maximum atomic E-state index is 12.7. The highest BCUT2D eigenvalue weighted by Crippen LogP contribution is 2.25. The fourth-order valence-electron chi connectivity index (χ4n) is 2.95. The first-order chi connectivity index (χ1) is 14.5. The maximum absolute atomic E-state index is 12.7. The Hall–Kier alpha value is -2.61. The molecule has 0 aliphatic heterocycles. The lowest BCUT2D eigenvalue weighted by Crippen LogP contribution is -2.47. The minimum Gasteiger partial charge on any atom is -0.444 e. The summed E-state index contributed by atoms with van der Waals surface area (Å²) < 4.78 is 6.21. The molecule has 1 aromatic heterocycles. The van der Waals surface area contributed by atoms with Crippen molar-refractivity contribution in [2.24, 2.45) is 5.92 Å². The van der Waals surface area contributed by atoms with Gasteiger partial charge in [0.2, 0.25) is 5.91 Å². The number of thiophene rings is 1. The van der Waals surface area contributed by atoms with Crippen LogP contribution >= 0.6 is 11.3 Å². The van der Waals surface area contributed by atoms with Gasteiger partial charge in [-0.3, -0.25) is 9.59 Å². The monoisotopic (exact) mass is 447 g/mol. The number of fused-ring (bicyclic) bond motifs is 1. The molecule has 170 valence electrons. The number of carbonyl (C=O) groups is 3. The highest BCUT2D eigenvalue weighted by molar-refractivity contribution is 7.20. The van der Waals surface area contributed by atoms with E-state index in [1.165, 1.54) is 11.3 Å². The van der Waals surface area contributed by atoms with Gasteiger partial charge in [-0.15, -0.1) is 11.3 Å². The van der Waals surface area contributed by atoms with E-state index < -0.39 is 17.7 Å². The highest BCUT2D eigenvalue weighted by Gasteiger charge is 2.23. The Labute approximate surface area is 187 Å². The third-order valence-corrected chi connectivity index (χ3v) is 5.41. The van der Waals surface area contributed by atoms with Crippen LogP contribution in [-0.4, -0.2) is 42.6 Å². The minimum atomic E-state index is -0.614. The number of hydrogen-bond donors (Lipinski definition) is 3. The van der Waals surface area contributed by atoms with Gasteiger partial charge in [0.25, 0.3) is 5.91 Å². The van der Waals surface area contributed by atoms with Crippen LogP contribution in [0.3, 0.4) is 0 Å². The summed E-state index contributed by atoms with van der Waals surface area (Å²) in [5.41, 5.74) is -0.547. The molecule has 0 aliphatic rings. The summed E-state index contributed by atoms with van der Waals surface area (Å²) in [5, 5.41) is 9.40. The fraction of sp³-hybridized carbons (Fsp3) is 0.522. The summed E-state index contributed by atoms with van der Waals surface area (Å²) in [6.45, 7) is 10.2. The molecule has 0 fully saturated rings. The molecule has 0 bridgehead atoms. The van der Waals surface area contributed by atoms with Crippen LogP contribution in [0.4, 0.5) is 4.79 Å². The lowest BCUT2D eigenvalue weighted by molar-refractivity contribution is -0.123. The van der Waals surface area contributed by atoms with Crippen molar-refractivity contribution >= 4 is 39.3 Å². The van der Waals surface area contributed by atoms with Crippen LogP contribution in [-0.2, 0) is 9.53 Å². The van der Waals surface area contributed by atoms with Crippen molar-refractivity contribution < 1.29 is 19.1 Å². The van der Waals surface area contributed by atoms with Crippen LogP contribution < -0.4 is 16.0 Å². The van der Waals surface area contributed by atoms with Crippen molar-refractivity contribution in [1.29, 1.82) is 0 Å². The van der Waals surface area contributed by atoms with Gasteiger partial charge >= 0.3 is 6.09 Å². The van der Waals surface area contributed by atoms with Gasteiger partial charge in [-0.05, 0) is 57.0 Å². The fourth-order valence-corrected chi connectivity index (χ4v) is 3.92. The highest BCUT2D eigenvalue weighted by atomic mass is 32.1. The van der Waals surface area contributed by atoms with Crippen molar-refractivity contribution in [3.05, 3.63) is 35.2 Å². The number of hydrogen-bond acceptors (Lipinski definition) is 5. The molecule has 3 amide bonds. The zero-order chi connectivity index (χ0) is 23.0. The molecular formula is C23H33N3O4S. The van der Waals surface area contributed by atoms with E-state index in [2.05, 4.69) is 16.0 Å². The quantitative estimate of drug-likeness (QED) is 0.505. The first-order valence-corrected chi connectivity index (χ1v) is 11.4. The zero-order valence-corrected chi connectivity index (χ0v) is 19.7. The lowest BCUT2D eigenvalue weighted by Gasteiger charge is -2.20. The number of amides is 3. The van der Waals surface area contributed by atoms with Gasteiger partial charge in [0.15, 0.2) is 0 Å². The second-order valence-electron chi connectivity index (χ2n) is 8.88. The molecular weight excluding hydrogens is 414 g/mol. The van der Waals surface area contributed by atoms with E-state index in [1.807, 2.05) is 44.2 Å². The first kappa shape index (κ1) is 24.7. The zero-order valence-electron chi connectivity index (χ0n) is 18.9. The van der Waals surface area contributed by atoms with E-state index in [0.29, 0.717) is 30.8 Å². The number of rotatable bonds is 9. The second kappa shape index (κ2) is 11.1. The van der Waals surface area contributed by atoms with E-state index >= 15 is 0 Å². The van der Waals surface area contributed by atoms with Crippen molar-refractivity contribution in [2.45, 2.75) is 59.1 Å². The topological polar surface area (TPSA) is 96.5 Å². The van der Waals surface area contributed by atoms with Gasteiger partial charge in [0.05, 0.1) is 4.88 Å². The first-order valence-electron chi connectivity index (χ1n) is 10.6. The summed E-state index contributed by atoms with van der Waals surface area (Å²) in [6.07, 6.45) is 0.620. The average molecular weight is 448 g/mol. The lowest BCUT2D eigenvalue weighted by atomic mass is 10.0. The molecule has 1 heterocycles. The van der Waals surface area contributed by atoms with Crippen molar-refractivity contribution in [2.75, 3.05) is 13.1 Å². The summed E-state index contributed by atoms with van der Waals surface area (Å²) in [5.74, 6) is -0.221. The molecule has 0 spiro atoms. The maximum Gasteiger partial charge on any atom is 0.407 e. The van der Waals surface area contributed by atoms with E-state index in [0.717, 1.165) is 10.1 Å². The molecule has 31 heavy (non-hydrogen) atoms. The Bertz CT molecular complexity index is 869. The van der Waals surface area contributed by atoms with Crippen LogP contribution in [0.1, 0.15) is 57.1 Å². The molecule has 7 nitrogen and oxygen atoms in total. The van der Waals surface area contributed by atoms with Gasteiger partial charge in [0.1, 0.15) is 11.6 Å². The largest absolute Gasteiger partial charge is 0.444 e.